The average Bonchev–Trinajstić information content (AvgIpc) is 2.69. The van der Waals surface area contributed by atoms with E-state index in [1.54, 1.807) is 7.11 Å². The van der Waals surface area contributed by atoms with Crippen LogP contribution in [-0.4, -0.2) is 70.5 Å². The number of halogens is 1. The molecule has 0 amide bonds. The highest BCUT2D eigenvalue weighted by molar-refractivity contribution is 14.0. The molecule has 29 heavy (non-hydrogen) atoms. The van der Waals surface area contributed by atoms with Gasteiger partial charge in [0.1, 0.15) is 12.4 Å². The Kier molecular flexibility index (Phi) is 11.9. The van der Waals surface area contributed by atoms with Crippen molar-refractivity contribution in [3.05, 3.63) is 29.8 Å². The van der Waals surface area contributed by atoms with Crippen molar-refractivity contribution in [3.8, 4) is 5.75 Å². The van der Waals surface area contributed by atoms with E-state index in [4.69, 9.17) is 9.47 Å². The summed E-state index contributed by atoms with van der Waals surface area (Å²) in [6.45, 7) is 12.0. The minimum absolute atomic E-state index is 0. The largest absolute Gasteiger partial charge is 0.492 e. The molecule has 1 heterocycles. The lowest BCUT2D eigenvalue weighted by Crippen LogP contribution is -2.49. The Morgan fingerprint density at radius 2 is 1.93 bits per heavy atom. The molecule has 0 unspecified atom stereocenters. The molecular formula is C22H39IN4O2. The zero-order chi connectivity index (χ0) is 20.4. The van der Waals surface area contributed by atoms with Crippen LogP contribution >= 0.6 is 24.0 Å². The molecule has 1 aromatic carbocycles. The van der Waals surface area contributed by atoms with Gasteiger partial charge in [0, 0.05) is 39.8 Å². The molecule has 1 aromatic rings. The lowest BCUT2D eigenvalue weighted by atomic mass is 9.87. The fourth-order valence-electron chi connectivity index (χ4n) is 3.30. The van der Waals surface area contributed by atoms with Gasteiger partial charge < -0.3 is 25.0 Å². The molecule has 7 heteroatoms. The second kappa shape index (κ2) is 13.3. The molecule has 2 N–H and O–H groups in total. The number of nitrogens with zero attached hydrogens (tertiary/aromatic N) is 2. The number of hydrogen-bond acceptors (Lipinski definition) is 4. The van der Waals surface area contributed by atoms with Crippen molar-refractivity contribution in [1.82, 2.24) is 15.5 Å². The summed E-state index contributed by atoms with van der Waals surface area (Å²) in [5.41, 5.74) is 1.41. The fourth-order valence-corrected chi connectivity index (χ4v) is 3.30. The van der Waals surface area contributed by atoms with E-state index in [9.17, 15) is 0 Å². The van der Waals surface area contributed by atoms with Crippen molar-refractivity contribution < 1.29 is 9.47 Å². The minimum atomic E-state index is 0. The van der Waals surface area contributed by atoms with Gasteiger partial charge in [0.15, 0.2) is 5.96 Å². The number of aliphatic imine (C=N–C) groups is 1. The van der Waals surface area contributed by atoms with Crippen LogP contribution in [0.2, 0.25) is 0 Å². The molecular weight excluding hydrogens is 479 g/mol. The summed E-state index contributed by atoms with van der Waals surface area (Å²) in [7, 11) is 3.58. The van der Waals surface area contributed by atoms with Gasteiger partial charge in [0.25, 0.3) is 0 Å². The van der Waals surface area contributed by atoms with E-state index in [-0.39, 0.29) is 29.4 Å². The summed E-state index contributed by atoms with van der Waals surface area (Å²) in [4.78, 5) is 6.80. The second-order valence-electron chi connectivity index (χ2n) is 8.38. The third-order valence-corrected chi connectivity index (χ3v) is 5.13. The highest BCUT2D eigenvalue weighted by Gasteiger charge is 2.19. The molecule has 1 aliphatic rings. The van der Waals surface area contributed by atoms with Gasteiger partial charge in [-0.1, -0.05) is 32.9 Å². The molecule has 166 valence electrons. The van der Waals surface area contributed by atoms with E-state index >= 15 is 0 Å². The topological polar surface area (TPSA) is 58.1 Å². The van der Waals surface area contributed by atoms with Crippen LogP contribution in [0.15, 0.2) is 29.3 Å². The lowest BCUT2D eigenvalue weighted by molar-refractivity contribution is 0.128. The number of benzene rings is 1. The predicted molar refractivity (Wildman–Crippen MR) is 132 cm³/mol. The van der Waals surface area contributed by atoms with Gasteiger partial charge in [-0.05, 0) is 36.0 Å². The van der Waals surface area contributed by atoms with E-state index in [1.165, 1.54) is 5.56 Å². The molecule has 1 saturated heterocycles. The predicted octanol–water partition coefficient (Wildman–Crippen LogP) is 3.26. The van der Waals surface area contributed by atoms with E-state index in [0.29, 0.717) is 19.2 Å². The first-order chi connectivity index (χ1) is 13.4. The number of piperidine rings is 1. The minimum Gasteiger partial charge on any atom is -0.492 e. The summed E-state index contributed by atoms with van der Waals surface area (Å²) < 4.78 is 11.1. The third-order valence-electron chi connectivity index (χ3n) is 5.13. The van der Waals surface area contributed by atoms with Gasteiger partial charge in [-0.3, -0.25) is 4.99 Å². The molecule has 0 aromatic heterocycles. The number of methoxy groups -OCH3 is 1. The Labute approximate surface area is 193 Å². The van der Waals surface area contributed by atoms with Crippen molar-refractivity contribution in [3.63, 3.8) is 0 Å². The number of likely N-dealkylation sites (tertiary alicyclic amines) is 1. The van der Waals surface area contributed by atoms with Crippen molar-refractivity contribution in [1.29, 1.82) is 0 Å². The van der Waals surface area contributed by atoms with Crippen LogP contribution in [0.4, 0.5) is 0 Å². The third kappa shape index (κ3) is 9.53. The Morgan fingerprint density at radius 1 is 1.21 bits per heavy atom. The second-order valence-corrected chi connectivity index (χ2v) is 8.38. The molecule has 2 rings (SSSR count). The van der Waals surface area contributed by atoms with E-state index in [0.717, 1.165) is 50.8 Å². The first-order valence-corrected chi connectivity index (χ1v) is 10.3. The van der Waals surface area contributed by atoms with Gasteiger partial charge in [0.2, 0.25) is 0 Å². The van der Waals surface area contributed by atoms with Crippen molar-refractivity contribution in [2.45, 2.75) is 45.1 Å². The number of hydrogen-bond donors (Lipinski definition) is 2. The average molecular weight is 518 g/mol. The first kappa shape index (κ1) is 26.0. The smallest absolute Gasteiger partial charge is 0.191 e. The van der Waals surface area contributed by atoms with Crippen LogP contribution in [0, 0.1) is 0 Å². The zero-order valence-electron chi connectivity index (χ0n) is 18.7. The molecule has 0 radical (unpaired) electrons. The van der Waals surface area contributed by atoms with Crippen LogP contribution in [0.1, 0.15) is 39.2 Å². The summed E-state index contributed by atoms with van der Waals surface area (Å²) in [5.74, 6) is 1.77. The maximum atomic E-state index is 5.91. The van der Waals surface area contributed by atoms with Crippen LogP contribution in [0.3, 0.4) is 0 Å². The zero-order valence-corrected chi connectivity index (χ0v) is 21.0. The van der Waals surface area contributed by atoms with E-state index in [1.807, 2.05) is 13.1 Å². The van der Waals surface area contributed by atoms with Crippen LogP contribution in [0.25, 0.3) is 0 Å². The molecule has 1 aliphatic heterocycles. The van der Waals surface area contributed by atoms with Gasteiger partial charge in [-0.15, -0.1) is 24.0 Å². The maximum absolute atomic E-state index is 5.91. The normalized spacial score (nSPS) is 16.2. The Morgan fingerprint density at radius 3 is 2.55 bits per heavy atom. The van der Waals surface area contributed by atoms with Gasteiger partial charge >= 0.3 is 0 Å². The van der Waals surface area contributed by atoms with Gasteiger partial charge in [-0.25, -0.2) is 0 Å². The monoisotopic (exact) mass is 518 g/mol. The molecule has 1 fully saturated rings. The number of guanidine groups is 1. The SMILES string of the molecule is CN=C(NCCOc1cccc(C(C)(C)C)c1)NC1CCN(CCOC)CC1.I. The molecule has 0 atom stereocenters. The Hall–Kier alpha value is -1.06. The maximum Gasteiger partial charge on any atom is 0.191 e. The van der Waals surface area contributed by atoms with Crippen molar-refractivity contribution in [2.75, 3.05) is 53.6 Å². The fraction of sp³-hybridized carbons (Fsp3) is 0.682. The van der Waals surface area contributed by atoms with Crippen LogP contribution < -0.4 is 15.4 Å². The van der Waals surface area contributed by atoms with E-state index < -0.39 is 0 Å². The summed E-state index contributed by atoms with van der Waals surface area (Å²) >= 11 is 0. The highest BCUT2D eigenvalue weighted by atomic mass is 127. The van der Waals surface area contributed by atoms with Crippen molar-refractivity contribution in [2.24, 2.45) is 4.99 Å². The summed E-state index contributed by atoms with van der Waals surface area (Å²) in [5, 5.41) is 6.89. The summed E-state index contributed by atoms with van der Waals surface area (Å²) in [6.07, 6.45) is 2.25. The quantitative estimate of drug-likeness (QED) is 0.240. The highest BCUT2D eigenvalue weighted by Crippen LogP contribution is 2.25. The van der Waals surface area contributed by atoms with Gasteiger partial charge in [0.05, 0.1) is 13.2 Å². The summed E-state index contributed by atoms with van der Waals surface area (Å²) in [6, 6.07) is 8.82. The molecule has 0 saturated carbocycles. The molecule has 0 bridgehead atoms. The van der Waals surface area contributed by atoms with E-state index in [2.05, 4.69) is 59.5 Å². The first-order valence-electron chi connectivity index (χ1n) is 10.3. The number of ether oxygens (including phenoxy) is 2. The molecule has 6 nitrogen and oxygen atoms in total. The number of rotatable bonds is 8. The standard InChI is InChI=1S/C22H38N4O2.HI/c1-22(2,3)18-7-6-8-20(17-18)28-15-11-24-21(23-4)25-19-9-12-26(13-10-19)14-16-27-5;/h6-8,17,19H,9-16H2,1-5H3,(H2,23,24,25);1H. The lowest BCUT2D eigenvalue weighted by Gasteiger charge is -2.32. The van der Waals surface area contributed by atoms with Gasteiger partial charge in [-0.2, -0.15) is 0 Å². The number of nitrogens with one attached hydrogen (secondary N) is 2. The Bertz CT molecular complexity index is 611. The van der Waals surface area contributed by atoms with Crippen LogP contribution in [0.5, 0.6) is 5.75 Å². The Balaban J connectivity index is 0.00000420. The van der Waals surface area contributed by atoms with Crippen LogP contribution in [-0.2, 0) is 10.2 Å². The molecule has 0 aliphatic carbocycles. The van der Waals surface area contributed by atoms with Crippen molar-refractivity contribution >= 4 is 29.9 Å². The molecule has 0 spiro atoms.